The number of hydrogen-bond acceptors (Lipinski definition) is 4. The SMILES string of the molecule is O=C(OCCCCC(F)(F)C(F)(F)[SH](=O)=O)c1ccc(F)cc1. The minimum Gasteiger partial charge on any atom is -0.462 e. The van der Waals surface area contributed by atoms with E-state index >= 15 is 0 Å². The van der Waals surface area contributed by atoms with Crippen LogP contribution in [0.15, 0.2) is 24.3 Å². The van der Waals surface area contributed by atoms with Crippen molar-refractivity contribution in [3.05, 3.63) is 35.6 Å². The number of thiol groups is 1. The Morgan fingerprint density at radius 3 is 2.13 bits per heavy atom. The molecule has 0 heterocycles. The molecule has 4 nitrogen and oxygen atoms in total. The molecule has 0 unspecified atom stereocenters. The molecule has 0 saturated carbocycles. The van der Waals surface area contributed by atoms with Crippen molar-refractivity contribution in [1.82, 2.24) is 0 Å². The average Bonchev–Trinajstić information content (AvgIpc) is 2.46. The molecule has 0 bridgehead atoms. The normalized spacial score (nSPS) is 12.4. The molecule has 10 heteroatoms. The second-order valence-electron chi connectivity index (χ2n) is 4.60. The van der Waals surface area contributed by atoms with Crippen LogP contribution < -0.4 is 0 Å². The topological polar surface area (TPSA) is 60.4 Å². The van der Waals surface area contributed by atoms with E-state index in [9.17, 15) is 35.2 Å². The number of carbonyl (C=O) groups is 1. The van der Waals surface area contributed by atoms with Gasteiger partial charge in [0.05, 0.1) is 12.2 Å². The molecule has 23 heavy (non-hydrogen) atoms. The van der Waals surface area contributed by atoms with Crippen molar-refractivity contribution < 1.29 is 39.9 Å². The fraction of sp³-hybridized carbons (Fsp3) is 0.462. The quantitative estimate of drug-likeness (QED) is 0.335. The van der Waals surface area contributed by atoms with Gasteiger partial charge in [0.25, 0.3) is 0 Å². The van der Waals surface area contributed by atoms with Gasteiger partial charge in [-0.25, -0.2) is 17.6 Å². The van der Waals surface area contributed by atoms with E-state index in [2.05, 4.69) is 0 Å². The molecule has 0 spiro atoms. The molecule has 0 amide bonds. The average molecular weight is 360 g/mol. The number of carbonyl (C=O) groups excluding carboxylic acids is 1. The van der Waals surface area contributed by atoms with Gasteiger partial charge in [-0.3, -0.25) is 0 Å². The van der Waals surface area contributed by atoms with Crippen LogP contribution in [0.4, 0.5) is 22.0 Å². The van der Waals surface area contributed by atoms with E-state index < -0.39 is 46.5 Å². The third-order valence-electron chi connectivity index (χ3n) is 2.87. The zero-order valence-electron chi connectivity index (χ0n) is 11.6. The van der Waals surface area contributed by atoms with Crippen LogP contribution in [0.25, 0.3) is 0 Å². The number of hydrogen-bond donors (Lipinski definition) is 1. The number of halogens is 5. The van der Waals surface area contributed by atoms with Crippen molar-refractivity contribution in [2.45, 2.75) is 30.4 Å². The zero-order chi connectivity index (χ0) is 17.7. The van der Waals surface area contributed by atoms with Crippen LogP contribution in [0, 0.1) is 5.82 Å². The summed E-state index contributed by atoms with van der Waals surface area (Å²) in [5.74, 6) is -6.06. The van der Waals surface area contributed by atoms with E-state index in [0.29, 0.717) is 0 Å². The first-order valence-electron chi connectivity index (χ1n) is 6.41. The second kappa shape index (κ2) is 7.71. The van der Waals surface area contributed by atoms with Gasteiger partial charge in [-0.05, 0) is 37.1 Å². The third-order valence-corrected chi connectivity index (χ3v) is 3.65. The molecule has 0 N–H and O–H groups in total. The largest absolute Gasteiger partial charge is 0.462 e. The summed E-state index contributed by atoms with van der Waals surface area (Å²) < 4.78 is 89.3. The molecule has 1 rings (SSSR count). The Bertz CT molecular complexity index is 605. The lowest BCUT2D eigenvalue weighted by Gasteiger charge is -2.21. The van der Waals surface area contributed by atoms with Crippen molar-refractivity contribution in [2.75, 3.05) is 6.61 Å². The minimum atomic E-state index is -5.12. The summed E-state index contributed by atoms with van der Waals surface area (Å²) in [6.07, 6.45) is -1.99. The number of alkyl halides is 4. The Morgan fingerprint density at radius 1 is 1.04 bits per heavy atom. The van der Waals surface area contributed by atoms with Crippen molar-refractivity contribution in [1.29, 1.82) is 0 Å². The molecular weight excluding hydrogens is 347 g/mol. The van der Waals surface area contributed by atoms with E-state index in [4.69, 9.17) is 4.74 Å². The van der Waals surface area contributed by atoms with Gasteiger partial charge in [0.15, 0.2) is 0 Å². The molecule has 130 valence electrons. The molecule has 1 aromatic carbocycles. The van der Waals surface area contributed by atoms with E-state index in [0.717, 1.165) is 24.3 Å². The predicted octanol–water partition coefficient (Wildman–Crippen LogP) is 2.99. The highest BCUT2D eigenvalue weighted by molar-refractivity contribution is 7.73. The standard InChI is InChI=1S/C13H13F5O4S/c14-10-5-3-9(4-6-10)11(19)22-8-2-1-7-12(15,16)13(17,18)23(20)21/h3-6,23H,1-2,7-8H2. The smallest absolute Gasteiger partial charge is 0.404 e. The summed E-state index contributed by atoms with van der Waals surface area (Å²) in [5, 5.41) is -5.12. The van der Waals surface area contributed by atoms with E-state index in [1.54, 1.807) is 0 Å². The maximum Gasteiger partial charge on any atom is 0.404 e. The van der Waals surface area contributed by atoms with Gasteiger partial charge in [-0.15, -0.1) is 0 Å². The summed E-state index contributed by atoms with van der Waals surface area (Å²) >= 11 is 0. The Labute approximate surface area is 130 Å². The van der Waals surface area contributed by atoms with Crippen LogP contribution in [0.2, 0.25) is 0 Å². The Hall–Kier alpha value is -1.71. The lowest BCUT2D eigenvalue weighted by molar-refractivity contribution is -0.159. The van der Waals surface area contributed by atoms with Crippen molar-refractivity contribution in [3.8, 4) is 0 Å². The Balaban J connectivity index is 2.38. The predicted molar refractivity (Wildman–Crippen MR) is 70.7 cm³/mol. The molecule has 0 atom stereocenters. The number of esters is 1. The van der Waals surface area contributed by atoms with Crippen LogP contribution in [-0.4, -0.2) is 32.2 Å². The molecule has 0 saturated heterocycles. The highest BCUT2D eigenvalue weighted by atomic mass is 32.2. The first-order chi connectivity index (χ1) is 10.6. The Morgan fingerprint density at radius 2 is 1.61 bits per heavy atom. The summed E-state index contributed by atoms with van der Waals surface area (Å²) in [5.41, 5.74) is 0.0478. The molecule has 0 fully saturated rings. The molecule has 0 aliphatic rings. The maximum atomic E-state index is 13.1. The van der Waals surface area contributed by atoms with Crippen LogP contribution in [0.3, 0.4) is 0 Å². The van der Waals surface area contributed by atoms with Gasteiger partial charge in [0.1, 0.15) is 5.82 Å². The number of rotatable bonds is 8. The van der Waals surface area contributed by atoms with Crippen LogP contribution >= 0.6 is 0 Å². The summed E-state index contributed by atoms with van der Waals surface area (Å²) in [4.78, 5) is 11.5. The minimum absolute atomic E-state index is 0.0478. The van der Waals surface area contributed by atoms with E-state index in [-0.39, 0.29) is 18.6 Å². The third kappa shape index (κ3) is 5.15. The summed E-state index contributed by atoms with van der Waals surface area (Å²) in [7, 11) is -4.60. The van der Waals surface area contributed by atoms with Gasteiger partial charge < -0.3 is 4.74 Å². The highest BCUT2D eigenvalue weighted by Gasteiger charge is 2.58. The first-order valence-corrected chi connectivity index (χ1v) is 7.58. The molecule has 0 aromatic heterocycles. The van der Waals surface area contributed by atoms with Gasteiger partial charge >= 0.3 is 17.1 Å². The van der Waals surface area contributed by atoms with Gasteiger partial charge in [-0.2, -0.15) is 17.6 Å². The lowest BCUT2D eigenvalue weighted by Crippen LogP contribution is -2.41. The fourth-order valence-corrected chi connectivity index (χ4v) is 1.95. The first kappa shape index (κ1) is 19.3. The fourth-order valence-electron chi connectivity index (χ4n) is 1.57. The monoisotopic (exact) mass is 360 g/mol. The zero-order valence-corrected chi connectivity index (χ0v) is 12.5. The second-order valence-corrected chi connectivity index (χ2v) is 5.68. The number of ether oxygens (including phenoxy) is 1. The number of unbranched alkanes of at least 4 members (excludes halogenated alkanes) is 1. The number of benzene rings is 1. The van der Waals surface area contributed by atoms with E-state index in [1.807, 2.05) is 0 Å². The van der Waals surface area contributed by atoms with Crippen LogP contribution in [-0.2, 0) is 15.4 Å². The highest BCUT2D eigenvalue weighted by Crippen LogP contribution is 2.38. The van der Waals surface area contributed by atoms with Crippen molar-refractivity contribution >= 4 is 16.7 Å². The lowest BCUT2D eigenvalue weighted by atomic mass is 10.1. The molecular formula is C13H13F5O4S. The van der Waals surface area contributed by atoms with Crippen LogP contribution in [0.5, 0.6) is 0 Å². The molecule has 0 aliphatic heterocycles. The van der Waals surface area contributed by atoms with Crippen LogP contribution in [0.1, 0.15) is 29.6 Å². The van der Waals surface area contributed by atoms with Crippen molar-refractivity contribution in [3.63, 3.8) is 0 Å². The van der Waals surface area contributed by atoms with Gasteiger partial charge in [0, 0.05) is 6.42 Å². The molecule has 0 aliphatic carbocycles. The summed E-state index contributed by atoms with van der Waals surface area (Å²) in [6, 6.07) is 4.39. The van der Waals surface area contributed by atoms with Gasteiger partial charge in [-0.1, -0.05) is 0 Å². The summed E-state index contributed by atoms with van der Waals surface area (Å²) in [6.45, 7) is -0.318. The maximum absolute atomic E-state index is 13.1. The van der Waals surface area contributed by atoms with Gasteiger partial charge in [0.2, 0.25) is 10.7 Å². The van der Waals surface area contributed by atoms with E-state index in [1.165, 1.54) is 0 Å². The van der Waals surface area contributed by atoms with Crippen molar-refractivity contribution in [2.24, 2.45) is 0 Å². The molecule has 1 aromatic rings. The molecule has 0 radical (unpaired) electrons. The Kier molecular flexibility index (Phi) is 6.48.